The molecule has 0 rings (SSSR count). The van der Waals surface area contributed by atoms with Crippen LogP contribution >= 0.6 is 0 Å². The van der Waals surface area contributed by atoms with Crippen LogP contribution in [0.5, 0.6) is 0 Å². The molecule has 0 radical (unpaired) electrons. The quantitative estimate of drug-likeness (QED) is 0.598. The van der Waals surface area contributed by atoms with Gasteiger partial charge >= 0.3 is 0 Å². The van der Waals surface area contributed by atoms with Crippen molar-refractivity contribution in [2.24, 2.45) is 0 Å². The van der Waals surface area contributed by atoms with Crippen molar-refractivity contribution in [3.05, 3.63) is 0 Å². The second-order valence-electron chi connectivity index (χ2n) is 3.04. The molecule has 0 amide bonds. The zero-order chi connectivity index (χ0) is 8.91. The van der Waals surface area contributed by atoms with Crippen LogP contribution in [0.4, 0.5) is 0 Å². The molecule has 11 heavy (non-hydrogen) atoms. The molecule has 60 valence electrons. The van der Waals surface area contributed by atoms with Crippen molar-refractivity contribution >= 4 is 0 Å². The molecule has 1 atom stereocenters. The average molecular weight is 149 g/mol. The minimum Gasteiger partial charge on any atom is -0.288 e. The molecule has 0 aliphatic carbocycles. The Morgan fingerprint density at radius 2 is 2.00 bits per heavy atom. The molecule has 0 spiro atoms. The number of hydrogen-bond acceptors (Lipinski definition) is 1. The number of rotatable bonds is 3. The SMILES string of the molecule is C#CC(CC)NC(C)(C)C#C. The van der Waals surface area contributed by atoms with Crippen LogP contribution < -0.4 is 5.32 Å². The molecule has 1 heteroatoms. The second-order valence-corrected chi connectivity index (χ2v) is 3.04. The van der Waals surface area contributed by atoms with E-state index < -0.39 is 0 Å². The lowest BCUT2D eigenvalue weighted by atomic mass is 10.0. The van der Waals surface area contributed by atoms with E-state index in [4.69, 9.17) is 12.8 Å². The van der Waals surface area contributed by atoms with E-state index in [0.717, 1.165) is 6.42 Å². The smallest absolute Gasteiger partial charge is 0.0750 e. The Morgan fingerprint density at radius 1 is 1.45 bits per heavy atom. The van der Waals surface area contributed by atoms with Gasteiger partial charge in [0.1, 0.15) is 0 Å². The van der Waals surface area contributed by atoms with E-state index in [1.807, 2.05) is 20.8 Å². The van der Waals surface area contributed by atoms with Gasteiger partial charge in [0.05, 0.1) is 11.6 Å². The molecular weight excluding hydrogens is 134 g/mol. The number of terminal acetylenes is 2. The predicted octanol–water partition coefficient (Wildman–Crippen LogP) is 1.40. The first kappa shape index (κ1) is 10.1. The maximum Gasteiger partial charge on any atom is 0.0750 e. The van der Waals surface area contributed by atoms with E-state index in [1.165, 1.54) is 0 Å². The third-order valence-electron chi connectivity index (χ3n) is 1.51. The van der Waals surface area contributed by atoms with Gasteiger partial charge in [-0.25, -0.2) is 0 Å². The van der Waals surface area contributed by atoms with Crippen LogP contribution in [0.3, 0.4) is 0 Å². The van der Waals surface area contributed by atoms with Gasteiger partial charge in [-0.3, -0.25) is 5.32 Å². The van der Waals surface area contributed by atoms with Crippen molar-refractivity contribution < 1.29 is 0 Å². The highest BCUT2D eigenvalue weighted by atomic mass is 15.0. The third kappa shape index (κ3) is 3.71. The summed E-state index contributed by atoms with van der Waals surface area (Å²) in [7, 11) is 0. The summed E-state index contributed by atoms with van der Waals surface area (Å²) in [6.45, 7) is 5.91. The Morgan fingerprint density at radius 3 is 2.27 bits per heavy atom. The van der Waals surface area contributed by atoms with Crippen molar-refractivity contribution in [1.82, 2.24) is 5.32 Å². The van der Waals surface area contributed by atoms with Crippen molar-refractivity contribution in [3.63, 3.8) is 0 Å². The molecule has 0 aromatic carbocycles. The van der Waals surface area contributed by atoms with Crippen LogP contribution in [0.15, 0.2) is 0 Å². The fourth-order valence-electron chi connectivity index (χ4n) is 0.739. The molecule has 0 saturated carbocycles. The van der Waals surface area contributed by atoms with E-state index in [-0.39, 0.29) is 11.6 Å². The van der Waals surface area contributed by atoms with E-state index >= 15 is 0 Å². The third-order valence-corrected chi connectivity index (χ3v) is 1.51. The Hall–Kier alpha value is -0.920. The summed E-state index contributed by atoms with van der Waals surface area (Å²) >= 11 is 0. The first-order chi connectivity index (χ1) is 5.05. The van der Waals surface area contributed by atoms with Crippen LogP contribution in [0.1, 0.15) is 27.2 Å². The largest absolute Gasteiger partial charge is 0.288 e. The minimum atomic E-state index is -0.299. The van der Waals surface area contributed by atoms with Gasteiger partial charge in [0, 0.05) is 0 Å². The highest BCUT2D eigenvalue weighted by Crippen LogP contribution is 2.02. The number of hydrogen-bond donors (Lipinski definition) is 1. The van der Waals surface area contributed by atoms with Crippen LogP contribution in [0, 0.1) is 24.7 Å². The highest BCUT2D eigenvalue weighted by molar-refractivity contribution is 5.12. The molecule has 0 heterocycles. The molecule has 0 aromatic rings. The van der Waals surface area contributed by atoms with Gasteiger partial charge in [-0.1, -0.05) is 18.8 Å². The van der Waals surface area contributed by atoms with Crippen LogP contribution in [0.2, 0.25) is 0 Å². The van der Waals surface area contributed by atoms with E-state index in [0.29, 0.717) is 0 Å². The summed E-state index contributed by atoms with van der Waals surface area (Å²) in [4.78, 5) is 0. The molecule has 0 saturated heterocycles. The Bertz CT molecular complexity index is 190. The highest BCUT2D eigenvalue weighted by Gasteiger charge is 2.16. The lowest BCUT2D eigenvalue weighted by Crippen LogP contribution is -2.43. The van der Waals surface area contributed by atoms with E-state index in [2.05, 4.69) is 17.2 Å². The van der Waals surface area contributed by atoms with Crippen molar-refractivity contribution in [3.8, 4) is 24.7 Å². The topological polar surface area (TPSA) is 12.0 Å². The maximum absolute atomic E-state index is 5.28. The molecule has 1 N–H and O–H groups in total. The summed E-state index contributed by atoms with van der Waals surface area (Å²) in [5, 5.41) is 3.17. The molecule has 0 fully saturated rings. The Kier molecular flexibility index (Phi) is 3.72. The summed E-state index contributed by atoms with van der Waals surface area (Å²) in [5.74, 6) is 5.27. The monoisotopic (exact) mass is 149 g/mol. The van der Waals surface area contributed by atoms with E-state index in [1.54, 1.807) is 0 Å². The standard InChI is InChI=1S/C10H15N/c1-6-9(7-2)11-10(4,5)8-3/h1,3,9,11H,7H2,2,4-5H3. The summed E-state index contributed by atoms with van der Waals surface area (Å²) < 4.78 is 0. The Labute approximate surface area is 69.6 Å². The molecule has 0 aliphatic heterocycles. The van der Waals surface area contributed by atoms with Crippen LogP contribution in [-0.2, 0) is 0 Å². The molecule has 0 aromatic heterocycles. The first-order valence-corrected chi connectivity index (χ1v) is 3.77. The normalized spacial score (nSPS) is 13.2. The zero-order valence-corrected chi connectivity index (χ0v) is 7.44. The molecule has 1 unspecified atom stereocenters. The average Bonchev–Trinajstić information content (AvgIpc) is 2.00. The van der Waals surface area contributed by atoms with Gasteiger partial charge < -0.3 is 0 Å². The van der Waals surface area contributed by atoms with E-state index in [9.17, 15) is 0 Å². The second kappa shape index (κ2) is 4.06. The van der Waals surface area contributed by atoms with Gasteiger partial charge in [0.25, 0.3) is 0 Å². The first-order valence-electron chi connectivity index (χ1n) is 3.77. The predicted molar refractivity (Wildman–Crippen MR) is 49.0 cm³/mol. The van der Waals surface area contributed by atoms with Gasteiger partial charge in [0.15, 0.2) is 0 Å². The van der Waals surface area contributed by atoms with Crippen molar-refractivity contribution in [1.29, 1.82) is 0 Å². The number of nitrogens with one attached hydrogen (secondary N) is 1. The lowest BCUT2D eigenvalue weighted by molar-refractivity contribution is 0.447. The maximum atomic E-state index is 5.28. The van der Waals surface area contributed by atoms with Crippen LogP contribution in [-0.4, -0.2) is 11.6 Å². The van der Waals surface area contributed by atoms with Crippen LogP contribution in [0.25, 0.3) is 0 Å². The lowest BCUT2D eigenvalue weighted by Gasteiger charge is -2.23. The summed E-state index contributed by atoms with van der Waals surface area (Å²) in [6.07, 6.45) is 11.5. The summed E-state index contributed by atoms with van der Waals surface area (Å²) in [6, 6.07) is 0.0843. The van der Waals surface area contributed by atoms with Gasteiger partial charge in [-0.15, -0.1) is 12.8 Å². The zero-order valence-electron chi connectivity index (χ0n) is 7.44. The fourth-order valence-corrected chi connectivity index (χ4v) is 0.739. The Balaban J connectivity index is 4.05. The van der Waals surface area contributed by atoms with Gasteiger partial charge in [0.2, 0.25) is 0 Å². The van der Waals surface area contributed by atoms with Crippen molar-refractivity contribution in [2.75, 3.05) is 0 Å². The molecular formula is C10H15N. The summed E-state index contributed by atoms with van der Waals surface area (Å²) in [5.41, 5.74) is -0.299. The molecule has 1 nitrogen and oxygen atoms in total. The van der Waals surface area contributed by atoms with Crippen molar-refractivity contribution in [2.45, 2.75) is 38.8 Å². The molecule has 0 bridgehead atoms. The van der Waals surface area contributed by atoms with Gasteiger partial charge in [-0.2, -0.15) is 0 Å². The molecule has 0 aliphatic rings. The van der Waals surface area contributed by atoms with Gasteiger partial charge in [-0.05, 0) is 20.3 Å². The fraction of sp³-hybridized carbons (Fsp3) is 0.600. The minimum absolute atomic E-state index is 0.0843.